The maximum atomic E-state index is 12.5. The molecule has 1 N–H and O–H groups in total. The Morgan fingerprint density at radius 1 is 1.26 bits per heavy atom. The van der Waals surface area contributed by atoms with E-state index in [2.05, 4.69) is 16.0 Å². The molecule has 0 saturated carbocycles. The van der Waals surface area contributed by atoms with Crippen LogP contribution in [0.5, 0.6) is 0 Å². The molecule has 1 aliphatic rings. The summed E-state index contributed by atoms with van der Waals surface area (Å²) in [7, 11) is 3.15. The number of hydrogen-bond donors (Lipinski definition) is 1. The lowest BCUT2D eigenvalue weighted by atomic mass is 9.94. The molecular weight excluding hydrogens is 398 g/mol. The first kappa shape index (κ1) is 21.0. The number of carbonyl (C=O) groups excluding carboxylic acids is 1. The number of carbonyl (C=O) groups is 1. The van der Waals surface area contributed by atoms with Crippen molar-refractivity contribution < 1.29 is 9.53 Å². The Kier molecular flexibility index (Phi) is 5.77. The van der Waals surface area contributed by atoms with Gasteiger partial charge in [0, 0.05) is 20.1 Å². The zero-order valence-electron chi connectivity index (χ0n) is 18.1. The van der Waals surface area contributed by atoms with Crippen molar-refractivity contribution in [2.24, 2.45) is 7.05 Å². The van der Waals surface area contributed by atoms with Gasteiger partial charge in [-0.15, -0.1) is 0 Å². The number of nitrogens with one attached hydrogen (secondary N) is 1. The van der Waals surface area contributed by atoms with E-state index < -0.39 is 17.3 Å². The van der Waals surface area contributed by atoms with Gasteiger partial charge in [-0.1, -0.05) is 37.6 Å². The molecular formula is C22H27N5O4. The van der Waals surface area contributed by atoms with Crippen molar-refractivity contribution in [2.75, 3.05) is 7.11 Å². The lowest BCUT2D eigenvalue weighted by Crippen LogP contribution is -2.46. The molecule has 0 fully saturated rings. The van der Waals surface area contributed by atoms with Crippen LogP contribution in [0.3, 0.4) is 0 Å². The van der Waals surface area contributed by atoms with Crippen molar-refractivity contribution in [2.45, 2.75) is 51.9 Å². The molecule has 9 heteroatoms. The molecule has 3 aromatic rings. The molecule has 31 heavy (non-hydrogen) atoms. The van der Waals surface area contributed by atoms with Crippen molar-refractivity contribution in [3.05, 3.63) is 62.1 Å². The van der Waals surface area contributed by atoms with Crippen LogP contribution in [-0.2, 0) is 42.6 Å². The van der Waals surface area contributed by atoms with Crippen molar-refractivity contribution in [3.63, 3.8) is 0 Å². The van der Waals surface area contributed by atoms with Gasteiger partial charge < -0.3 is 9.30 Å². The predicted molar refractivity (Wildman–Crippen MR) is 116 cm³/mol. The fourth-order valence-corrected chi connectivity index (χ4v) is 4.25. The lowest BCUT2D eigenvalue weighted by Gasteiger charge is -2.34. The lowest BCUT2D eigenvalue weighted by molar-refractivity contribution is -0.148. The topological polar surface area (TPSA) is 102 Å². The molecule has 0 saturated heterocycles. The van der Waals surface area contributed by atoms with Crippen LogP contribution >= 0.6 is 0 Å². The van der Waals surface area contributed by atoms with Gasteiger partial charge in [-0.25, -0.2) is 9.78 Å². The van der Waals surface area contributed by atoms with Crippen LogP contribution in [0.25, 0.3) is 11.2 Å². The van der Waals surface area contributed by atoms with Gasteiger partial charge in [-0.2, -0.15) is 0 Å². The van der Waals surface area contributed by atoms with Crippen molar-refractivity contribution >= 4 is 17.1 Å². The Morgan fingerprint density at radius 2 is 2.00 bits per heavy atom. The van der Waals surface area contributed by atoms with Crippen LogP contribution in [0.2, 0.25) is 0 Å². The minimum Gasteiger partial charge on any atom is -0.468 e. The molecule has 1 aromatic carbocycles. The zero-order chi connectivity index (χ0) is 22.1. The second kappa shape index (κ2) is 8.50. The molecule has 1 aliphatic heterocycles. The summed E-state index contributed by atoms with van der Waals surface area (Å²) in [5.74, 6) is 0.315. The Hall–Kier alpha value is -3.20. The summed E-state index contributed by atoms with van der Waals surface area (Å²) in [4.78, 5) is 46.5. The first-order chi connectivity index (χ1) is 14.9. The van der Waals surface area contributed by atoms with E-state index in [9.17, 15) is 14.4 Å². The molecule has 4 rings (SSSR count). The molecule has 1 unspecified atom stereocenters. The molecule has 9 nitrogen and oxygen atoms in total. The monoisotopic (exact) mass is 425 g/mol. The summed E-state index contributed by atoms with van der Waals surface area (Å²) >= 11 is 0. The van der Waals surface area contributed by atoms with Crippen LogP contribution in [0.15, 0.2) is 33.9 Å². The quantitative estimate of drug-likeness (QED) is 0.598. The zero-order valence-corrected chi connectivity index (χ0v) is 18.1. The van der Waals surface area contributed by atoms with Gasteiger partial charge in [-0.05, 0) is 24.0 Å². The van der Waals surface area contributed by atoms with Crippen LogP contribution < -0.4 is 11.2 Å². The van der Waals surface area contributed by atoms with Gasteiger partial charge >= 0.3 is 11.7 Å². The Morgan fingerprint density at radius 3 is 2.71 bits per heavy atom. The molecule has 2 aromatic heterocycles. The van der Waals surface area contributed by atoms with Gasteiger partial charge in [0.1, 0.15) is 11.9 Å². The number of benzene rings is 1. The Bertz CT molecular complexity index is 1240. The van der Waals surface area contributed by atoms with Gasteiger partial charge in [-0.3, -0.25) is 24.0 Å². The normalized spacial score (nSPS) is 16.4. The number of ether oxygens (including phenoxy) is 1. The van der Waals surface area contributed by atoms with Gasteiger partial charge in [0.15, 0.2) is 11.2 Å². The third-order valence-corrected chi connectivity index (χ3v) is 6.00. The van der Waals surface area contributed by atoms with Gasteiger partial charge in [0.05, 0.1) is 13.7 Å². The molecule has 0 bridgehead atoms. The highest BCUT2D eigenvalue weighted by Gasteiger charge is 2.33. The van der Waals surface area contributed by atoms with E-state index >= 15 is 0 Å². The van der Waals surface area contributed by atoms with E-state index in [4.69, 9.17) is 4.74 Å². The maximum Gasteiger partial charge on any atom is 0.330 e. The maximum absolute atomic E-state index is 12.5. The summed E-state index contributed by atoms with van der Waals surface area (Å²) in [6.07, 6.45) is 2.27. The number of esters is 1. The molecule has 164 valence electrons. The van der Waals surface area contributed by atoms with E-state index in [1.54, 1.807) is 11.6 Å². The van der Waals surface area contributed by atoms with Crippen LogP contribution in [0.4, 0.5) is 0 Å². The highest BCUT2D eigenvalue weighted by molar-refractivity contribution is 5.76. The fraction of sp³-hybridized carbons (Fsp3) is 0.455. The van der Waals surface area contributed by atoms with Crippen molar-refractivity contribution in [3.8, 4) is 0 Å². The minimum atomic E-state index is -0.456. The second-order valence-corrected chi connectivity index (χ2v) is 7.94. The summed E-state index contributed by atoms with van der Waals surface area (Å²) in [6, 6.07) is 7.59. The van der Waals surface area contributed by atoms with Crippen LogP contribution in [-0.4, -0.2) is 43.1 Å². The first-order valence-electron chi connectivity index (χ1n) is 10.5. The molecule has 3 heterocycles. The number of fused-ring (bicyclic) bond motifs is 2. The number of H-pyrrole nitrogens is 1. The number of aromatic nitrogens is 4. The summed E-state index contributed by atoms with van der Waals surface area (Å²) in [5.41, 5.74) is 2.12. The molecule has 0 spiro atoms. The summed E-state index contributed by atoms with van der Waals surface area (Å²) in [5, 5.41) is 0. The van der Waals surface area contributed by atoms with E-state index in [0.717, 1.165) is 24.0 Å². The SMILES string of the molecule is CCCCn1c(=O)[nH]c(=O)c2c1nc(CN1Cc3ccccc3CC1C(=O)OC)n2C. The van der Waals surface area contributed by atoms with E-state index in [1.807, 2.05) is 30.0 Å². The summed E-state index contributed by atoms with van der Waals surface area (Å²) < 4.78 is 8.29. The standard InChI is InChI=1S/C22H27N5O4/c1-4-5-10-27-19-18(20(28)24-22(27)30)25(2)17(23-19)13-26-12-15-9-7-6-8-14(15)11-16(26)21(29)31-3/h6-9,16H,4-5,10-13H2,1-3H3,(H,24,28,30). The number of aromatic amines is 1. The molecule has 1 atom stereocenters. The third kappa shape index (κ3) is 3.81. The molecule has 0 aliphatic carbocycles. The predicted octanol–water partition coefficient (Wildman–Crippen LogP) is 1.32. The molecule has 0 amide bonds. The Balaban J connectivity index is 1.75. The second-order valence-electron chi connectivity index (χ2n) is 7.94. The first-order valence-corrected chi connectivity index (χ1v) is 10.5. The van der Waals surface area contributed by atoms with E-state index in [-0.39, 0.29) is 5.97 Å². The number of methoxy groups -OCH3 is 1. The average molecular weight is 425 g/mol. The minimum absolute atomic E-state index is 0.300. The van der Waals surface area contributed by atoms with Gasteiger partial charge in [0.25, 0.3) is 5.56 Å². The average Bonchev–Trinajstić information content (AvgIpc) is 3.08. The Labute approximate surface area is 179 Å². The number of nitrogens with zero attached hydrogens (tertiary/aromatic N) is 4. The third-order valence-electron chi connectivity index (χ3n) is 6.00. The number of aryl methyl sites for hydroxylation is 2. The summed E-state index contributed by atoms with van der Waals surface area (Å²) in [6.45, 7) is 3.44. The highest BCUT2D eigenvalue weighted by Crippen LogP contribution is 2.26. The van der Waals surface area contributed by atoms with Crippen LogP contribution in [0, 0.1) is 0 Å². The number of unbranched alkanes of at least 4 members (excludes halogenated alkanes) is 1. The van der Waals surface area contributed by atoms with E-state index in [0.29, 0.717) is 43.0 Å². The largest absolute Gasteiger partial charge is 0.468 e. The smallest absolute Gasteiger partial charge is 0.330 e. The number of rotatable bonds is 6. The fourth-order valence-electron chi connectivity index (χ4n) is 4.25. The van der Waals surface area contributed by atoms with Crippen molar-refractivity contribution in [1.82, 2.24) is 24.0 Å². The van der Waals surface area contributed by atoms with Crippen LogP contribution in [0.1, 0.15) is 36.7 Å². The number of imidazole rings is 1. The number of hydrogen-bond acceptors (Lipinski definition) is 6. The molecule has 0 radical (unpaired) electrons. The van der Waals surface area contributed by atoms with Gasteiger partial charge in [0.2, 0.25) is 0 Å². The highest BCUT2D eigenvalue weighted by atomic mass is 16.5. The van der Waals surface area contributed by atoms with E-state index in [1.165, 1.54) is 11.7 Å². The van der Waals surface area contributed by atoms with Crippen molar-refractivity contribution in [1.29, 1.82) is 0 Å².